The van der Waals surface area contributed by atoms with Gasteiger partial charge in [-0.05, 0) is 31.9 Å². The Bertz CT molecular complexity index is 764. The molecule has 2 rings (SSSR count). The summed E-state index contributed by atoms with van der Waals surface area (Å²) in [5.41, 5.74) is 1.25. The van der Waals surface area contributed by atoms with E-state index in [9.17, 15) is 14.0 Å². The Morgan fingerprint density at radius 1 is 1.04 bits per heavy atom. The maximum atomic E-state index is 14.1. The zero-order valence-electron chi connectivity index (χ0n) is 16.1. The summed E-state index contributed by atoms with van der Waals surface area (Å²) in [5, 5.41) is 2.90. The molecule has 4 nitrogen and oxygen atoms in total. The molecular formula is C22H27FN2O2. The van der Waals surface area contributed by atoms with Gasteiger partial charge in [-0.1, -0.05) is 55.5 Å². The molecule has 0 aliphatic heterocycles. The number of benzene rings is 2. The number of amides is 2. The van der Waals surface area contributed by atoms with Gasteiger partial charge in [0.1, 0.15) is 11.9 Å². The summed E-state index contributed by atoms with van der Waals surface area (Å²) in [6.07, 6.45) is 0.958. The fraction of sp³-hybridized carbons (Fsp3) is 0.364. The van der Waals surface area contributed by atoms with Crippen molar-refractivity contribution >= 4 is 11.8 Å². The standard InChI is InChI=1S/C22H27FN2O2/c1-4-16(2)24-22(27)17(3)25(15-19-12-8-9-13-20(19)23)21(26)14-18-10-6-5-7-11-18/h5-13,16-17H,4,14-15H2,1-3H3,(H,24,27)/t16-,17-/m0/s1. The molecule has 0 unspecified atom stereocenters. The first-order chi connectivity index (χ1) is 12.9. The second-order valence-electron chi connectivity index (χ2n) is 6.77. The third-order valence-corrected chi connectivity index (χ3v) is 4.67. The highest BCUT2D eigenvalue weighted by molar-refractivity contribution is 5.88. The molecule has 1 N–H and O–H groups in total. The van der Waals surface area contributed by atoms with Gasteiger partial charge in [0.05, 0.1) is 6.42 Å². The van der Waals surface area contributed by atoms with E-state index in [4.69, 9.17) is 0 Å². The average molecular weight is 370 g/mol. The van der Waals surface area contributed by atoms with Crippen LogP contribution in [0.4, 0.5) is 4.39 Å². The molecule has 0 bridgehead atoms. The summed E-state index contributed by atoms with van der Waals surface area (Å²) in [6.45, 7) is 5.62. The molecule has 0 saturated heterocycles. The van der Waals surface area contributed by atoms with Crippen LogP contribution in [0.2, 0.25) is 0 Å². The molecule has 0 aliphatic rings. The molecule has 27 heavy (non-hydrogen) atoms. The van der Waals surface area contributed by atoms with Gasteiger partial charge < -0.3 is 10.2 Å². The van der Waals surface area contributed by atoms with Gasteiger partial charge in [0.15, 0.2) is 0 Å². The quantitative estimate of drug-likeness (QED) is 0.770. The molecule has 0 fully saturated rings. The lowest BCUT2D eigenvalue weighted by Gasteiger charge is -2.30. The lowest BCUT2D eigenvalue weighted by Crippen LogP contribution is -2.50. The monoisotopic (exact) mass is 370 g/mol. The molecule has 0 spiro atoms. The summed E-state index contributed by atoms with van der Waals surface area (Å²) in [5.74, 6) is -0.831. The molecule has 2 aromatic rings. The number of nitrogens with one attached hydrogen (secondary N) is 1. The minimum atomic E-state index is -0.699. The van der Waals surface area contributed by atoms with E-state index in [0.29, 0.717) is 5.56 Å². The van der Waals surface area contributed by atoms with Crippen LogP contribution < -0.4 is 5.32 Å². The Hall–Kier alpha value is -2.69. The number of halogens is 1. The average Bonchev–Trinajstić information content (AvgIpc) is 2.67. The van der Waals surface area contributed by atoms with Crippen molar-refractivity contribution in [1.82, 2.24) is 10.2 Å². The maximum Gasteiger partial charge on any atom is 0.242 e. The van der Waals surface area contributed by atoms with Crippen LogP contribution in [-0.4, -0.2) is 28.8 Å². The molecule has 2 atom stereocenters. The molecule has 5 heteroatoms. The SMILES string of the molecule is CC[C@H](C)NC(=O)[C@H](C)N(Cc1ccccc1F)C(=O)Cc1ccccc1. The highest BCUT2D eigenvalue weighted by atomic mass is 19.1. The van der Waals surface area contributed by atoms with E-state index in [-0.39, 0.29) is 36.6 Å². The van der Waals surface area contributed by atoms with Gasteiger partial charge >= 0.3 is 0 Å². The number of hydrogen-bond acceptors (Lipinski definition) is 2. The Labute approximate surface area is 160 Å². The zero-order valence-corrected chi connectivity index (χ0v) is 16.1. The Balaban J connectivity index is 2.22. The molecule has 2 amide bonds. The highest BCUT2D eigenvalue weighted by Gasteiger charge is 2.27. The molecular weight excluding hydrogens is 343 g/mol. The molecule has 0 aliphatic carbocycles. The van der Waals surface area contributed by atoms with E-state index in [0.717, 1.165) is 12.0 Å². The zero-order chi connectivity index (χ0) is 19.8. The van der Waals surface area contributed by atoms with E-state index in [1.165, 1.54) is 11.0 Å². The van der Waals surface area contributed by atoms with E-state index in [2.05, 4.69) is 5.32 Å². The van der Waals surface area contributed by atoms with Crippen molar-refractivity contribution in [2.45, 2.75) is 52.2 Å². The summed E-state index contributed by atoms with van der Waals surface area (Å²) < 4.78 is 14.1. The number of carbonyl (C=O) groups excluding carboxylic acids is 2. The van der Waals surface area contributed by atoms with Gasteiger partial charge in [0.2, 0.25) is 11.8 Å². The van der Waals surface area contributed by atoms with Crippen LogP contribution in [0, 0.1) is 5.82 Å². The van der Waals surface area contributed by atoms with Crippen molar-refractivity contribution in [1.29, 1.82) is 0 Å². The predicted molar refractivity (Wildman–Crippen MR) is 104 cm³/mol. The molecule has 2 aromatic carbocycles. The van der Waals surface area contributed by atoms with Crippen molar-refractivity contribution < 1.29 is 14.0 Å². The van der Waals surface area contributed by atoms with Gasteiger partial charge in [-0.2, -0.15) is 0 Å². The first kappa shape index (κ1) is 20.6. The molecule has 144 valence electrons. The molecule has 0 heterocycles. The Morgan fingerprint density at radius 2 is 1.67 bits per heavy atom. The topological polar surface area (TPSA) is 49.4 Å². The van der Waals surface area contributed by atoms with Crippen molar-refractivity contribution in [3.63, 3.8) is 0 Å². The number of rotatable bonds is 8. The van der Waals surface area contributed by atoms with Gasteiger partial charge in [0, 0.05) is 18.2 Å². The molecule has 0 radical (unpaired) electrons. The highest BCUT2D eigenvalue weighted by Crippen LogP contribution is 2.15. The van der Waals surface area contributed by atoms with Gasteiger partial charge in [-0.15, -0.1) is 0 Å². The molecule has 0 saturated carbocycles. The number of hydrogen-bond donors (Lipinski definition) is 1. The van der Waals surface area contributed by atoms with Crippen LogP contribution >= 0.6 is 0 Å². The van der Waals surface area contributed by atoms with Crippen LogP contribution in [0.15, 0.2) is 54.6 Å². The first-order valence-corrected chi connectivity index (χ1v) is 9.29. The summed E-state index contributed by atoms with van der Waals surface area (Å²) >= 11 is 0. The smallest absolute Gasteiger partial charge is 0.242 e. The van der Waals surface area contributed by atoms with Crippen molar-refractivity contribution in [2.75, 3.05) is 0 Å². The van der Waals surface area contributed by atoms with Crippen molar-refractivity contribution in [2.24, 2.45) is 0 Å². The van der Waals surface area contributed by atoms with Gasteiger partial charge in [-0.25, -0.2) is 4.39 Å². The van der Waals surface area contributed by atoms with E-state index in [1.807, 2.05) is 44.2 Å². The van der Waals surface area contributed by atoms with Crippen LogP contribution in [0.3, 0.4) is 0 Å². The van der Waals surface area contributed by atoms with Gasteiger partial charge in [-0.3, -0.25) is 9.59 Å². The number of carbonyl (C=O) groups is 2. The van der Waals surface area contributed by atoms with Crippen LogP contribution in [-0.2, 0) is 22.6 Å². The summed E-state index contributed by atoms with van der Waals surface area (Å²) in [4.78, 5) is 27.0. The fourth-order valence-electron chi connectivity index (χ4n) is 2.73. The van der Waals surface area contributed by atoms with E-state index >= 15 is 0 Å². The summed E-state index contributed by atoms with van der Waals surface area (Å²) in [7, 11) is 0. The largest absolute Gasteiger partial charge is 0.352 e. The maximum absolute atomic E-state index is 14.1. The van der Waals surface area contributed by atoms with Crippen LogP contribution in [0.25, 0.3) is 0 Å². The predicted octanol–water partition coefficient (Wildman–Crippen LogP) is 3.70. The molecule has 0 aromatic heterocycles. The Kier molecular flexibility index (Phi) is 7.53. The second kappa shape index (κ2) is 9.86. The van der Waals surface area contributed by atoms with E-state index in [1.54, 1.807) is 25.1 Å². The van der Waals surface area contributed by atoms with E-state index < -0.39 is 6.04 Å². The lowest BCUT2D eigenvalue weighted by atomic mass is 10.1. The van der Waals surface area contributed by atoms with Crippen molar-refractivity contribution in [3.8, 4) is 0 Å². The fourth-order valence-corrected chi connectivity index (χ4v) is 2.73. The normalized spacial score (nSPS) is 12.9. The van der Waals surface area contributed by atoms with Crippen LogP contribution in [0.1, 0.15) is 38.3 Å². The number of nitrogens with zero attached hydrogens (tertiary/aromatic N) is 1. The third kappa shape index (κ3) is 5.91. The van der Waals surface area contributed by atoms with Gasteiger partial charge in [0.25, 0.3) is 0 Å². The first-order valence-electron chi connectivity index (χ1n) is 9.29. The minimum Gasteiger partial charge on any atom is -0.352 e. The minimum absolute atomic E-state index is 0.0134. The summed E-state index contributed by atoms with van der Waals surface area (Å²) in [6, 6.07) is 15.0. The third-order valence-electron chi connectivity index (χ3n) is 4.67. The van der Waals surface area contributed by atoms with Crippen LogP contribution in [0.5, 0.6) is 0 Å². The Morgan fingerprint density at radius 3 is 2.30 bits per heavy atom. The lowest BCUT2D eigenvalue weighted by molar-refractivity contribution is -0.140. The second-order valence-corrected chi connectivity index (χ2v) is 6.77. The van der Waals surface area contributed by atoms with Crippen molar-refractivity contribution in [3.05, 3.63) is 71.5 Å².